The predicted octanol–water partition coefficient (Wildman–Crippen LogP) is 3.81. The van der Waals surface area contributed by atoms with Crippen molar-refractivity contribution in [3.63, 3.8) is 0 Å². The molecule has 2 rings (SSSR count). The van der Waals surface area contributed by atoms with Crippen molar-refractivity contribution < 1.29 is 9.53 Å². The minimum absolute atomic E-state index is 0.0525. The van der Waals surface area contributed by atoms with E-state index < -0.39 is 0 Å². The molecule has 2 aromatic rings. The number of hydrogen-bond acceptors (Lipinski definition) is 3. The zero-order chi connectivity index (χ0) is 17.9. The van der Waals surface area contributed by atoms with E-state index in [-0.39, 0.29) is 11.9 Å². The highest BCUT2D eigenvalue weighted by Gasteiger charge is 2.23. The Hall–Kier alpha value is -2.56. The van der Waals surface area contributed by atoms with Gasteiger partial charge in [-0.05, 0) is 51.5 Å². The fourth-order valence-electron chi connectivity index (χ4n) is 2.67. The third-order valence-electron chi connectivity index (χ3n) is 4.07. The lowest BCUT2D eigenvalue weighted by atomic mass is 10.0. The molecule has 1 aromatic heterocycles. The van der Waals surface area contributed by atoms with E-state index in [0.717, 1.165) is 22.5 Å². The van der Waals surface area contributed by atoms with Crippen molar-refractivity contribution in [2.75, 3.05) is 13.7 Å². The third-order valence-corrected chi connectivity index (χ3v) is 4.07. The molecule has 0 aliphatic carbocycles. The zero-order valence-corrected chi connectivity index (χ0v) is 15.0. The monoisotopic (exact) mass is 327 g/mol. The average Bonchev–Trinajstić information content (AvgIpc) is 2.90. The summed E-state index contributed by atoms with van der Waals surface area (Å²) in [4.78, 5) is 14.5. The summed E-state index contributed by atoms with van der Waals surface area (Å²) in [6, 6.07) is 7.16. The Morgan fingerprint density at radius 1 is 1.42 bits per heavy atom. The minimum Gasteiger partial charge on any atom is -0.489 e. The first-order valence-electron chi connectivity index (χ1n) is 7.97. The molecule has 5 nitrogen and oxygen atoms in total. The molecule has 0 spiro atoms. The first kappa shape index (κ1) is 17.8. The number of carbonyl (C=O) groups excluding carboxylic acids is 1. The summed E-state index contributed by atoms with van der Waals surface area (Å²) < 4.78 is 5.62. The molecule has 1 atom stereocenters. The molecule has 0 aliphatic heterocycles. The van der Waals surface area contributed by atoms with E-state index in [1.807, 2.05) is 39.8 Å². The Kier molecular flexibility index (Phi) is 5.44. The Balaban J connectivity index is 2.18. The number of nitrogens with zero attached hydrogens (tertiary/aromatic N) is 2. The van der Waals surface area contributed by atoms with Crippen molar-refractivity contribution in [3.8, 4) is 5.75 Å². The topological polar surface area (TPSA) is 58.2 Å². The lowest BCUT2D eigenvalue weighted by Crippen LogP contribution is -2.30. The number of aryl methyl sites for hydroxylation is 2. The number of nitrogens with one attached hydrogen (secondary N) is 1. The maximum Gasteiger partial charge on any atom is 0.254 e. The van der Waals surface area contributed by atoms with Crippen molar-refractivity contribution in [2.45, 2.75) is 33.7 Å². The molecule has 1 amide bonds. The van der Waals surface area contributed by atoms with Gasteiger partial charge in [0.05, 0.1) is 11.7 Å². The van der Waals surface area contributed by atoms with Crippen LogP contribution in [0.3, 0.4) is 0 Å². The van der Waals surface area contributed by atoms with E-state index >= 15 is 0 Å². The average molecular weight is 327 g/mol. The Labute approximate surface area is 143 Å². The van der Waals surface area contributed by atoms with Gasteiger partial charge in [0.15, 0.2) is 0 Å². The molecule has 0 saturated carbocycles. The number of rotatable bonds is 6. The minimum atomic E-state index is -0.0729. The van der Waals surface area contributed by atoms with E-state index in [1.165, 1.54) is 0 Å². The van der Waals surface area contributed by atoms with Crippen LogP contribution in [0.1, 0.15) is 47.2 Å². The van der Waals surface area contributed by atoms with Crippen LogP contribution in [0.25, 0.3) is 0 Å². The van der Waals surface area contributed by atoms with Gasteiger partial charge in [0, 0.05) is 23.9 Å². The van der Waals surface area contributed by atoms with Crippen molar-refractivity contribution in [1.82, 2.24) is 15.1 Å². The number of amides is 1. The molecule has 128 valence electrons. The summed E-state index contributed by atoms with van der Waals surface area (Å²) in [6.07, 6.45) is 0. The van der Waals surface area contributed by atoms with Crippen LogP contribution in [0.5, 0.6) is 5.75 Å². The summed E-state index contributed by atoms with van der Waals surface area (Å²) in [5.74, 6) is 0.615. The Morgan fingerprint density at radius 2 is 2.12 bits per heavy atom. The fourth-order valence-corrected chi connectivity index (χ4v) is 2.67. The first-order chi connectivity index (χ1) is 11.3. The van der Waals surface area contributed by atoms with Gasteiger partial charge < -0.3 is 9.64 Å². The van der Waals surface area contributed by atoms with Gasteiger partial charge in [0.25, 0.3) is 5.91 Å². The lowest BCUT2D eigenvalue weighted by molar-refractivity contribution is 0.0741. The molecular formula is C19H25N3O2. The van der Waals surface area contributed by atoms with Crippen LogP contribution >= 0.6 is 0 Å². The zero-order valence-electron chi connectivity index (χ0n) is 15.0. The van der Waals surface area contributed by atoms with Crippen LogP contribution in [-0.4, -0.2) is 34.7 Å². The van der Waals surface area contributed by atoms with Crippen molar-refractivity contribution in [2.24, 2.45) is 0 Å². The van der Waals surface area contributed by atoms with Crippen LogP contribution in [0.4, 0.5) is 0 Å². The highest BCUT2D eigenvalue weighted by atomic mass is 16.5. The van der Waals surface area contributed by atoms with E-state index in [0.29, 0.717) is 17.9 Å². The van der Waals surface area contributed by atoms with Gasteiger partial charge >= 0.3 is 0 Å². The van der Waals surface area contributed by atoms with Gasteiger partial charge in [-0.1, -0.05) is 12.6 Å². The Morgan fingerprint density at radius 3 is 2.71 bits per heavy atom. The molecule has 24 heavy (non-hydrogen) atoms. The van der Waals surface area contributed by atoms with E-state index in [2.05, 4.69) is 16.8 Å². The normalized spacial score (nSPS) is 11.9. The molecule has 0 radical (unpaired) electrons. The summed E-state index contributed by atoms with van der Waals surface area (Å²) in [5, 5.41) is 7.19. The molecule has 1 N–H and O–H groups in total. The summed E-state index contributed by atoms with van der Waals surface area (Å²) in [6.45, 7) is 12.1. The predicted molar refractivity (Wildman–Crippen MR) is 95.3 cm³/mol. The maximum atomic E-state index is 12.8. The highest BCUT2D eigenvalue weighted by Crippen LogP contribution is 2.26. The number of benzene rings is 1. The molecular weight excluding hydrogens is 302 g/mol. The molecule has 0 bridgehead atoms. The largest absolute Gasteiger partial charge is 0.489 e. The number of aromatic amines is 1. The number of ether oxygens (including phenoxy) is 1. The maximum absolute atomic E-state index is 12.8. The van der Waals surface area contributed by atoms with Gasteiger partial charge in [0.1, 0.15) is 12.4 Å². The molecule has 0 unspecified atom stereocenters. The van der Waals surface area contributed by atoms with Crippen LogP contribution < -0.4 is 4.74 Å². The van der Waals surface area contributed by atoms with Crippen molar-refractivity contribution in [3.05, 3.63) is 58.9 Å². The SMILES string of the molecule is C=C(C)COc1cccc(C(=O)N(C)[C@@H](C)c2c(C)n[nH]c2C)c1. The first-order valence-corrected chi connectivity index (χ1v) is 7.97. The van der Waals surface area contributed by atoms with Crippen LogP contribution in [0, 0.1) is 13.8 Å². The van der Waals surface area contributed by atoms with E-state index in [1.54, 1.807) is 24.1 Å². The standard InChI is InChI=1S/C19H25N3O2/c1-12(2)11-24-17-9-7-8-16(10-17)19(23)22(6)15(5)18-13(3)20-21-14(18)4/h7-10,15H,1,11H2,2-6H3,(H,20,21)/t15-/m0/s1. The second-order valence-corrected chi connectivity index (χ2v) is 6.21. The van der Waals surface area contributed by atoms with Crippen molar-refractivity contribution in [1.29, 1.82) is 0 Å². The number of hydrogen-bond donors (Lipinski definition) is 1. The van der Waals surface area contributed by atoms with Crippen LogP contribution in [0.2, 0.25) is 0 Å². The van der Waals surface area contributed by atoms with Gasteiger partial charge in [0.2, 0.25) is 0 Å². The lowest BCUT2D eigenvalue weighted by Gasteiger charge is -2.25. The summed E-state index contributed by atoms with van der Waals surface area (Å²) in [7, 11) is 1.81. The highest BCUT2D eigenvalue weighted by molar-refractivity contribution is 5.94. The second kappa shape index (κ2) is 7.34. The quantitative estimate of drug-likeness (QED) is 0.821. The second-order valence-electron chi connectivity index (χ2n) is 6.21. The third kappa shape index (κ3) is 3.85. The molecule has 1 aromatic carbocycles. The molecule has 0 fully saturated rings. The van der Waals surface area contributed by atoms with Crippen molar-refractivity contribution >= 4 is 5.91 Å². The van der Waals surface area contributed by atoms with E-state index in [9.17, 15) is 4.79 Å². The van der Waals surface area contributed by atoms with Gasteiger partial charge in [-0.3, -0.25) is 9.89 Å². The molecule has 1 heterocycles. The van der Waals surface area contributed by atoms with Gasteiger partial charge in [-0.2, -0.15) is 5.10 Å². The number of H-pyrrole nitrogens is 1. The van der Waals surface area contributed by atoms with E-state index in [4.69, 9.17) is 4.74 Å². The molecule has 5 heteroatoms. The number of carbonyl (C=O) groups is 1. The molecule has 0 aliphatic rings. The smallest absolute Gasteiger partial charge is 0.254 e. The number of aromatic nitrogens is 2. The van der Waals surface area contributed by atoms with Crippen LogP contribution in [0.15, 0.2) is 36.4 Å². The fraction of sp³-hybridized carbons (Fsp3) is 0.368. The van der Waals surface area contributed by atoms with Gasteiger partial charge in [-0.25, -0.2) is 0 Å². The Bertz CT molecular complexity index is 729. The summed E-state index contributed by atoms with van der Waals surface area (Å²) in [5.41, 5.74) is 4.49. The van der Waals surface area contributed by atoms with Crippen LogP contribution in [-0.2, 0) is 0 Å². The summed E-state index contributed by atoms with van der Waals surface area (Å²) >= 11 is 0. The molecule has 0 saturated heterocycles. The van der Waals surface area contributed by atoms with Gasteiger partial charge in [-0.15, -0.1) is 0 Å².